The Morgan fingerprint density at radius 2 is 1.90 bits per heavy atom. The second-order valence-corrected chi connectivity index (χ2v) is 6.50. The van der Waals surface area contributed by atoms with E-state index in [1.807, 2.05) is 6.07 Å². The number of sulfonamides is 1. The molecule has 20 heavy (non-hydrogen) atoms. The number of nitrogens with zero attached hydrogens (tertiary/aromatic N) is 1. The van der Waals surface area contributed by atoms with Crippen molar-refractivity contribution in [2.24, 2.45) is 5.92 Å². The maximum absolute atomic E-state index is 11.9. The Bertz CT molecular complexity index is 615. The quantitative estimate of drug-likeness (QED) is 0.817. The number of benzene rings is 1. The first kappa shape index (κ1) is 16.1. The summed E-state index contributed by atoms with van der Waals surface area (Å²) in [6.07, 6.45) is 0. The average molecular weight is 296 g/mol. The highest BCUT2D eigenvalue weighted by molar-refractivity contribution is 7.88. The van der Waals surface area contributed by atoms with E-state index in [1.54, 1.807) is 13.8 Å². The van der Waals surface area contributed by atoms with Crippen molar-refractivity contribution in [2.75, 3.05) is 0 Å². The number of hydrogen-bond acceptors (Lipinski definition) is 4. The lowest BCUT2D eigenvalue weighted by Crippen LogP contribution is -2.44. The molecule has 0 heterocycles. The summed E-state index contributed by atoms with van der Waals surface area (Å²) in [7, 11) is -3.76. The van der Waals surface area contributed by atoms with Crippen LogP contribution in [0.3, 0.4) is 0 Å². The first-order valence-electron chi connectivity index (χ1n) is 5.97. The average Bonchev–Trinajstić information content (AvgIpc) is 2.36. The van der Waals surface area contributed by atoms with Gasteiger partial charge in [0.15, 0.2) is 0 Å². The van der Waals surface area contributed by atoms with Crippen LogP contribution in [0.5, 0.6) is 0 Å². The number of rotatable bonds is 6. The predicted molar refractivity (Wildman–Crippen MR) is 73.2 cm³/mol. The van der Waals surface area contributed by atoms with Gasteiger partial charge in [-0.2, -0.15) is 5.26 Å². The first-order chi connectivity index (χ1) is 9.25. The second-order valence-electron chi connectivity index (χ2n) is 4.75. The van der Waals surface area contributed by atoms with E-state index in [1.165, 1.54) is 24.3 Å². The number of aliphatic carboxylic acids is 1. The summed E-state index contributed by atoms with van der Waals surface area (Å²) >= 11 is 0. The Labute approximate surface area is 118 Å². The molecule has 2 N–H and O–H groups in total. The van der Waals surface area contributed by atoms with E-state index in [0.29, 0.717) is 11.1 Å². The molecule has 1 rings (SSSR count). The van der Waals surface area contributed by atoms with Gasteiger partial charge in [0.25, 0.3) is 0 Å². The third-order valence-corrected chi connectivity index (χ3v) is 4.01. The van der Waals surface area contributed by atoms with E-state index in [2.05, 4.69) is 4.72 Å². The Kier molecular flexibility index (Phi) is 5.25. The minimum atomic E-state index is -3.76. The smallest absolute Gasteiger partial charge is 0.321 e. The van der Waals surface area contributed by atoms with Gasteiger partial charge in [-0.05, 0) is 23.6 Å². The molecule has 1 aromatic rings. The Balaban J connectivity index is 2.83. The van der Waals surface area contributed by atoms with Gasteiger partial charge < -0.3 is 5.11 Å². The largest absolute Gasteiger partial charge is 0.480 e. The zero-order chi connectivity index (χ0) is 15.3. The fourth-order valence-corrected chi connectivity index (χ4v) is 3.08. The molecule has 7 heteroatoms. The molecular formula is C13H16N2O4S. The van der Waals surface area contributed by atoms with Crippen LogP contribution < -0.4 is 4.72 Å². The summed E-state index contributed by atoms with van der Waals surface area (Å²) in [5, 5.41) is 17.6. The van der Waals surface area contributed by atoms with Gasteiger partial charge in [-0.15, -0.1) is 0 Å². The molecule has 0 aliphatic heterocycles. The molecule has 0 bridgehead atoms. The summed E-state index contributed by atoms with van der Waals surface area (Å²) in [4.78, 5) is 11.0. The molecule has 0 radical (unpaired) electrons. The Morgan fingerprint density at radius 3 is 2.30 bits per heavy atom. The fraction of sp³-hybridized carbons (Fsp3) is 0.385. The molecular weight excluding hydrogens is 280 g/mol. The van der Waals surface area contributed by atoms with Crippen LogP contribution >= 0.6 is 0 Å². The Hall–Kier alpha value is -1.91. The van der Waals surface area contributed by atoms with E-state index in [-0.39, 0.29) is 11.7 Å². The lowest BCUT2D eigenvalue weighted by Gasteiger charge is -2.17. The monoisotopic (exact) mass is 296 g/mol. The molecule has 0 amide bonds. The van der Waals surface area contributed by atoms with Crippen LogP contribution in [0.2, 0.25) is 0 Å². The summed E-state index contributed by atoms with van der Waals surface area (Å²) in [5.41, 5.74) is 0.925. The van der Waals surface area contributed by atoms with Crippen LogP contribution in [0.1, 0.15) is 25.0 Å². The van der Waals surface area contributed by atoms with Crippen LogP contribution in [-0.4, -0.2) is 25.5 Å². The lowest BCUT2D eigenvalue weighted by molar-refractivity contribution is -0.140. The molecule has 0 saturated heterocycles. The highest BCUT2D eigenvalue weighted by atomic mass is 32.2. The summed E-state index contributed by atoms with van der Waals surface area (Å²) in [6, 6.07) is 6.88. The SMILES string of the molecule is CC(C)[C@H](NS(=O)(=O)Cc1ccc(C#N)cc1)C(=O)O. The van der Waals surface area contributed by atoms with E-state index in [0.717, 1.165) is 0 Å². The number of nitriles is 1. The predicted octanol–water partition coefficient (Wildman–Crippen LogP) is 1.09. The summed E-state index contributed by atoms with van der Waals surface area (Å²) in [6.45, 7) is 3.26. The van der Waals surface area contributed by atoms with Gasteiger partial charge in [0.05, 0.1) is 17.4 Å². The van der Waals surface area contributed by atoms with Crippen molar-refractivity contribution in [3.63, 3.8) is 0 Å². The van der Waals surface area contributed by atoms with Crippen molar-refractivity contribution in [3.05, 3.63) is 35.4 Å². The molecule has 0 saturated carbocycles. The number of carboxylic acids is 1. The molecule has 1 atom stereocenters. The highest BCUT2D eigenvalue weighted by Crippen LogP contribution is 2.10. The molecule has 1 aromatic carbocycles. The summed E-state index contributed by atoms with van der Waals surface area (Å²) in [5.74, 6) is -1.89. The number of hydrogen-bond donors (Lipinski definition) is 2. The molecule has 0 fully saturated rings. The molecule has 108 valence electrons. The summed E-state index contributed by atoms with van der Waals surface area (Å²) < 4.78 is 26.0. The maximum Gasteiger partial charge on any atom is 0.321 e. The van der Waals surface area contributed by atoms with Crippen LogP contribution in [0.15, 0.2) is 24.3 Å². The zero-order valence-corrected chi connectivity index (χ0v) is 12.0. The third kappa shape index (κ3) is 4.64. The first-order valence-corrected chi connectivity index (χ1v) is 7.62. The highest BCUT2D eigenvalue weighted by Gasteiger charge is 2.26. The molecule has 0 aromatic heterocycles. The van der Waals surface area contributed by atoms with Gasteiger partial charge >= 0.3 is 5.97 Å². The van der Waals surface area contributed by atoms with Gasteiger partial charge in [-0.1, -0.05) is 26.0 Å². The van der Waals surface area contributed by atoms with Gasteiger partial charge in [0.1, 0.15) is 6.04 Å². The minimum Gasteiger partial charge on any atom is -0.480 e. The lowest BCUT2D eigenvalue weighted by atomic mass is 10.1. The van der Waals surface area contributed by atoms with Crippen molar-refractivity contribution >= 4 is 16.0 Å². The van der Waals surface area contributed by atoms with Crippen molar-refractivity contribution in [1.82, 2.24) is 4.72 Å². The van der Waals surface area contributed by atoms with Gasteiger partial charge in [0.2, 0.25) is 10.0 Å². The fourth-order valence-electron chi connectivity index (χ4n) is 1.60. The van der Waals surface area contributed by atoms with Crippen LogP contribution in [-0.2, 0) is 20.6 Å². The molecule has 0 aliphatic rings. The molecule has 0 unspecified atom stereocenters. The topological polar surface area (TPSA) is 107 Å². The normalized spacial score (nSPS) is 12.9. The van der Waals surface area contributed by atoms with Gasteiger partial charge in [-0.3, -0.25) is 4.79 Å². The van der Waals surface area contributed by atoms with Crippen LogP contribution in [0.4, 0.5) is 0 Å². The maximum atomic E-state index is 11.9. The van der Waals surface area contributed by atoms with Crippen molar-refractivity contribution in [1.29, 1.82) is 5.26 Å². The molecule has 6 nitrogen and oxygen atoms in total. The second kappa shape index (κ2) is 6.50. The third-order valence-electron chi connectivity index (χ3n) is 2.68. The number of carboxylic acid groups (broad SMARTS) is 1. The number of nitrogens with one attached hydrogen (secondary N) is 1. The molecule has 0 aliphatic carbocycles. The van der Waals surface area contributed by atoms with E-state index in [9.17, 15) is 13.2 Å². The van der Waals surface area contributed by atoms with Crippen LogP contribution in [0.25, 0.3) is 0 Å². The Morgan fingerprint density at radius 1 is 1.35 bits per heavy atom. The van der Waals surface area contributed by atoms with E-state index < -0.39 is 22.0 Å². The van der Waals surface area contributed by atoms with E-state index in [4.69, 9.17) is 10.4 Å². The van der Waals surface area contributed by atoms with Crippen molar-refractivity contribution < 1.29 is 18.3 Å². The number of carbonyl (C=O) groups is 1. The zero-order valence-electron chi connectivity index (χ0n) is 11.2. The van der Waals surface area contributed by atoms with Gasteiger partial charge in [0, 0.05) is 0 Å². The van der Waals surface area contributed by atoms with E-state index >= 15 is 0 Å². The van der Waals surface area contributed by atoms with Crippen LogP contribution in [0, 0.1) is 17.2 Å². The minimum absolute atomic E-state index is 0.324. The standard InChI is InChI=1S/C13H16N2O4S/c1-9(2)12(13(16)17)15-20(18,19)8-11-5-3-10(7-14)4-6-11/h3-6,9,12,15H,8H2,1-2H3,(H,16,17)/t12-/m0/s1. The van der Waals surface area contributed by atoms with Gasteiger partial charge in [-0.25, -0.2) is 13.1 Å². The molecule has 0 spiro atoms. The van der Waals surface area contributed by atoms with Crippen molar-refractivity contribution in [3.8, 4) is 6.07 Å². The van der Waals surface area contributed by atoms with Crippen molar-refractivity contribution in [2.45, 2.75) is 25.6 Å².